The smallest absolute Gasteiger partial charge is 0.244 e. The molecule has 0 spiro atoms. The van der Waals surface area contributed by atoms with Gasteiger partial charge in [-0.2, -0.15) is 5.10 Å². The molecule has 1 aromatic heterocycles. The highest BCUT2D eigenvalue weighted by molar-refractivity contribution is 6.30. The second-order valence-corrected chi connectivity index (χ2v) is 4.03. The molecule has 0 aromatic carbocycles. The molecule has 1 unspecified atom stereocenters. The first-order chi connectivity index (χ1) is 6.66. The van der Waals surface area contributed by atoms with Crippen molar-refractivity contribution in [2.24, 2.45) is 0 Å². The number of hydrogen-bond donors (Lipinski definition) is 1. The average Bonchev–Trinajstić information content (AvgIpc) is 2.85. The molecule has 76 valence electrons. The van der Waals surface area contributed by atoms with Crippen LogP contribution in [0.4, 0.5) is 0 Å². The van der Waals surface area contributed by atoms with Crippen molar-refractivity contribution in [2.45, 2.75) is 31.8 Å². The van der Waals surface area contributed by atoms with E-state index >= 15 is 0 Å². The highest BCUT2D eigenvalue weighted by Crippen LogP contribution is 2.20. The lowest BCUT2D eigenvalue weighted by Crippen LogP contribution is -2.32. The Kier molecular flexibility index (Phi) is 2.46. The predicted molar refractivity (Wildman–Crippen MR) is 53.1 cm³/mol. The van der Waals surface area contributed by atoms with Crippen molar-refractivity contribution >= 4 is 17.5 Å². The van der Waals surface area contributed by atoms with Crippen LogP contribution in [0, 0.1) is 0 Å². The summed E-state index contributed by atoms with van der Waals surface area (Å²) >= 11 is 5.71. The van der Waals surface area contributed by atoms with Gasteiger partial charge in [0.05, 0.1) is 11.2 Å². The zero-order valence-electron chi connectivity index (χ0n) is 7.90. The number of halogens is 1. The van der Waals surface area contributed by atoms with Crippen LogP contribution in [0.3, 0.4) is 0 Å². The van der Waals surface area contributed by atoms with Gasteiger partial charge in [0, 0.05) is 12.2 Å². The minimum absolute atomic E-state index is 0.00673. The van der Waals surface area contributed by atoms with Gasteiger partial charge >= 0.3 is 0 Å². The summed E-state index contributed by atoms with van der Waals surface area (Å²) in [4.78, 5) is 11.6. The van der Waals surface area contributed by atoms with Gasteiger partial charge in [0.15, 0.2) is 0 Å². The van der Waals surface area contributed by atoms with E-state index < -0.39 is 0 Å². The lowest BCUT2D eigenvalue weighted by Gasteiger charge is -2.11. The average molecular weight is 214 g/mol. The SMILES string of the molecule is CC(C(=O)NC1CC1)n1cc(Cl)cn1. The molecule has 4 nitrogen and oxygen atoms in total. The van der Waals surface area contributed by atoms with Crippen LogP contribution in [0.15, 0.2) is 12.4 Å². The van der Waals surface area contributed by atoms with Gasteiger partial charge in [0.1, 0.15) is 6.04 Å². The number of nitrogens with one attached hydrogen (secondary N) is 1. The van der Waals surface area contributed by atoms with Gasteiger partial charge in [0.25, 0.3) is 0 Å². The van der Waals surface area contributed by atoms with E-state index in [1.807, 2.05) is 0 Å². The Labute approximate surface area is 87.2 Å². The van der Waals surface area contributed by atoms with E-state index in [2.05, 4.69) is 10.4 Å². The van der Waals surface area contributed by atoms with Crippen molar-refractivity contribution in [3.05, 3.63) is 17.4 Å². The maximum atomic E-state index is 11.6. The van der Waals surface area contributed by atoms with Gasteiger partial charge in [0.2, 0.25) is 5.91 Å². The lowest BCUT2D eigenvalue weighted by atomic mass is 10.3. The normalized spacial score (nSPS) is 17.9. The van der Waals surface area contributed by atoms with Gasteiger partial charge in [-0.1, -0.05) is 11.6 Å². The van der Waals surface area contributed by atoms with Crippen LogP contribution < -0.4 is 5.32 Å². The molecule has 0 radical (unpaired) electrons. The largest absolute Gasteiger partial charge is 0.352 e. The molecule has 1 aliphatic rings. The van der Waals surface area contributed by atoms with E-state index in [4.69, 9.17) is 11.6 Å². The molecule has 14 heavy (non-hydrogen) atoms. The monoisotopic (exact) mass is 213 g/mol. The molecule has 0 bridgehead atoms. The number of rotatable bonds is 3. The third-order valence-corrected chi connectivity index (χ3v) is 2.47. The van der Waals surface area contributed by atoms with Crippen molar-refractivity contribution in [3.8, 4) is 0 Å². The molecule has 1 amide bonds. The van der Waals surface area contributed by atoms with Crippen LogP contribution in [0.1, 0.15) is 25.8 Å². The van der Waals surface area contributed by atoms with Crippen molar-refractivity contribution in [3.63, 3.8) is 0 Å². The molecular weight excluding hydrogens is 202 g/mol. The fourth-order valence-electron chi connectivity index (χ4n) is 1.20. The topological polar surface area (TPSA) is 46.9 Å². The third-order valence-electron chi connectivity index (χ3n) is 2.27. The van der Waals surface area contributed by atoms with Gasteiger partial charge < -0.3 is 5.32 Å². The summed E-state index contributed by atoms with van der Waals surface area (Å²) in [6.45, 7) is 1.81. The molecule has 1 fully saturated rings. The first-order valence-electron chi connectivity index (χ1n) is 4.67. The summed E-state index contributed by atoms with van der Waals surface area (Å²) in [5, 5.41) is 7.46. The second kappa shape index (κ2) is 3.61. The van der Waals surface area contributed by atoms with Crippen molar-refractivity contribution in [1.29, 1.82) is 0 Å². The number of aromatic nitrogens is 2. The third kappa shape index (κ3) is 2.07. The molecule has 1 aromatic rings. The molecule has 1 saturated carbocycles. The minimum Gasteiger partial charge on any atom is -0.352 e. The van der Waals surface area contributed by atoms with E-state index in [-0.39, 0.29) is 11.9 Å². The molecule has 2 rings (SSSR count). The van der Waals surface area contributed by atoms with E-state index in [0.29, 0.717) is 11.1 Å². The Morgan fingerprint density at radius 2 is 2.50 bits per heavy atom. The fourth-order valence-corrected chi connectivity index (χ4v) is 1.34. The summed E-state index contributed by atoms with van der Waals surface area (Å²) in [5.74, 6) is 0.00673. The van der Waals surface area contributed by atoms with E-state index in [1.165, 1.54) is 6.20 Å². The number of nitrogens with zero attached hydrogens (tertiary/aromatic N) is 2. The first-order valence-corrected chi connectivity index (χ1v) is 5.04. The number of hydrogen-bond acceptors (Lipinski definition) is 2. The molecule has 1 N–H and O–H groups in total. The van der Waals surface area contributed by atoms with Crippen LogP contribution in [0.2, 0.25) is 5.02 Å². The van der Waals surface area contributed by atoms with E-state index in [1.54, 1.807) is 17.8 Å². The summed E-state index contributed by atoms with van der Waals surface area (Å²) in [6, 6.07) is 0.0964. The van der Waals surface area contributed by atoms with Crippen LogP contribution in [-0.2, 0) is 4.79 Å². The minimum atomic E-state index is -0.289. The molecule has 1 heterocycles. The fraction of sp³-hybridized carbons (Fsp3) is 0.556. The van der Waals surface area contributed by atoms with Crippen molar-refractivity contribution < 1.29 is 4.79 Å². The first kappa shape index (κ1) is 9.52. The van der Waals surface area contributed by atoms with Gasteiger partial charge in [-0.15, -0.1) is 0 Å². The van der Waals surface area contributed by atoms with Crippen LogP contribution in [0.5, 0.6) is 0 Å². The van der Waals surface area contributed by atoms with E-state index in [0.717, 1.165) is 12.8 Å². The van der Waals surface area contributed by atoms with Crippen LogP contribution >= 0.6 is 11.6 Å². The summed E-state index contributed by atoms with van der Waals surface area (Å²) in [6.07, 6.45) is 5.37. The molecule has 0 aliphatic heterocycles. The van der Waals surface area contributed by atoms with Gasteiger partial charge in [-0.25, -0.2) is 0 Å². The zero-order valence-corrected chi connectivity index (χ0v) is 8.66. The molecular formula is C9H12ClN3O. The Hall–Kier alpha value is -1.03. The number of carbonyl (C=O) groups excluding carboxylic acids is 1. The maximum Gasteiger partial charge on any atom is 0.244 e. The quantitative estimate of drug-likeness (QED) is 0.825. The number of carbonyl (C=O) groups is 1. The van der Waals surface area contributed by atoms with Crippen LogP contribution in [0.25, 0.3) is 0 Å². The molecule has 5 heteroatoms. The summed E-state index contributed by atoms with van der Waals surface area (Å²) < 4.78 is 1.57. The molecule has 1 aliphatic carbocycles. The van der Waals surface area contributed by atoms with Gasteiger partial charge in [-0.3, -0.25) is 9.48 Å². The maximum absolute atomic E-state index is 11.6. The lowest BCUT2D eigenvalue weighted by molar-refractivity contribution is -0.124. The Bertz CT molecular complexity index is 346. The molecule has 1 atom stereocenters. The highest BCUT2D eigenvalue weighted by atomic mass is 35.5. The van der Waals surface area contributed by atoms with Crippen LogP contribution in [-0.4, -0.2) is 21.7 Å². The Morgan fingerprint density at radius 1 is 1.79 bits per heavy atom. The van der Waals surface area contributed by atoms with Crippen molar-refractivity contribution in [2.75, 3.05) is 0 Å². The van der Waals surface area contributed by atoms with Gasteiger partial charge in [-0.05, 0) is 19.8 Å². The highest BCUT2D eigenvalue weighted by Gasteiger charge is 2.26. The Morgan fingerprint density at radius 3 is 3.00 bits per heavy atom. The summed E-state index contributed by atoms with van der Waals surface area (Å²) in [5.41, 5.74) is 0. The Balaban J connectivity index is 1.99. The van der Waals surface area contributed by atoms with Crippen molar-refractivity contribution in [1.82, 2.24) is 15.1 Å². The second-order valence-electron chi connectivity index (χ2n) is 3.60. The number of amides is 1. The molecule has 0 saturated heterocycles. The standard InChI is InChI=1S/C9H12ClN3O/c1-6(9(14)12-8-2-3-8)13-5-7(10)4-11-13/h4-6,8H,2-3H2,1H3,(H,12,14). The van der Waals surface area contributed by atoms with E-state index in [9.17, 15) is 4.79 Å². The zero-order chi connectivity index (χ0) is 10.1. The predicted octanol–water partition coefficient (Wildman–Crippen LogP) is 1.38. The summed E-state index contributed by atoms with van der Waals surface area (Å²) in [7, 11) is 0.